The van der Waals surface area contributed by atoms with Gasteiger partial charge in [-0.15, -0.1) is 0 Å². The van der Waals surface area contributed by atoms with Crippen LogP contribution in [-0.2, 0) is 9.59 Å². The Morgan fingerprint density at radius 3 is 2.47 bits per heavy atom. The molecule has 0 aromatic carbocycles. The molecule has 0 aliphatic heterocycles. The summed E-state index contributed by atoms with van der Waals surface area (Å²) in [5, 5.41) is 22.3. The van der Waals surface area contributed by atoms with Crippen molar-refractivity contribution in [3.05, 3.63) is 0 Å². The third kappa shape index (κ3) is 6.87. The lowest BCUT2D eigenvalue weighted by molar-refractivity contribution is -0.139. The summed E-state index contributed by atoms with van der Waals surface area (Å²) in [5.41, 5.74) is 0. The fourth-order valence-corrected chi connectivity index (χ4v) is 1.15. The molecule has 4 N–H and O–H groups in total. The summed E-state index contributed by atoms with van der Waals surface area (Å²) in [6.07, 6.45) is 1.95. The van der Waals surface area contributed by atoms with Gasteiger partial charge in [-0.2, -0.15) is 0 Å². The zero-order valence-corrected chi connectivity index (χ0v) is 8.82. The minimum Gasteiger partial charge on any atom is -0.480 e. The largest absolute Gasteiger partial charge is 0.480 e. The summed E-state index contributed by atoms with van der Waals surface area (Å²) in [5.74, 6) is -1.27. The smallest absolute Gasteiger partial charge is 0.320 e. The molecule has 0 spiro atoms. The topological polar surface area (TPSA) is 98.7 Å². The Hall–Kier alpha value is -1.14. The summed E-state index contributed by atoms with van der Waals surface area (Å²) in [6.45, 7) is -0.0380. The molecule has 6 heteroatoms. The maximum atomic E-state index is 10.6. The number of rotatable bonds is 8. The second kappa shape index (κ2) is 8.19. The Labute approximate surface area is 88.7 Å². The first kappa shape index (κ1) is 13.9. The monoisotopic (exact) mass is 218 g/mol. The third-order valence-electron chi connectivity index (χ3n) is 2.03. The summed E-state index contributed by atoms with van der Waals surface area (Å²) >= 11 is 0. The lowest BCUT2D eigenvalue weighted by Crippen LogP contribution is -2.34. The molecule has 6 nitrogen and oxygen atoms in total. The first-order valence-corrected chi connectivity index (χ1v) is 4.89. The number of unbranched alkanes of at least 4 members (excludes halogenated alkanes) is 1. The molecule has 0 aromatic rings. The number of carboxylic acids is 1. The number of carbonyl (C=O) groups is 2. The van der Waals surface area contributed by atoms with E-state index in [1.54, 1.807) is 7.05 Å². The second-order valence-corrected chi connectivity index (χ2v) is 3.18. The van der Waals surface area contributed by atoms with Crippen LogP contribution < -0.4 is 10.6 Å². The highest BCUT2D eigenvalue weighted by atomic mass is 16.4. The van der Waals surface area contributed by atoms with E-state index < -0.39 is 24.5 Å². The number of nitrogens with one attached hydrogen (secondary N) is 2. The quantitative estimate of drug-likeness (QED) is 0.389. The van der Waals surface area contributed by atoms with Crippen molar-refractivity contribution in [2.45, 2.75) is 25.3 Å². The number of carboxylic acid groups (broad SMARTS) is 1. The summed E-state index contributed by atoms with van der Waals surface area (Å²) in [7, 11) is 1.60. The van der Waals surface area contributed by atoms with Gasteiger partial charge in [0.05, 0.1) is 0 Å². The van der Waals surface area contributed by atoms with E-state index in [9.17, 15) is 9.59 Å². The maximum absolute atomic E-state index is 10.6. The molecule has 0 aliphatic rings. The number of aliphatic hydroxyl groups is 1. The molecule has 0 aliphatic carbocycles. The van der Waals surface area contributed by atoms with Crippen LogP contribution in [0.2, 0.25) is 0 Å². The second-order valence-electron chi connectivity index (χ2n) is 3.18. The molecule has 0 unspecified atom stereocenters. The van der Waals surface area contributed by atoms with Gasteiger partial charge in [0.25, 0.3) is 0 Å². The molecule has 0 bridgehead atoms. The van der Waals surface area contributed by atoms with Crippen LogP contribution in [0.25, 0.3) is 0 Å². The molecule has 15 heavy (non-hydrogen) atoms. The van der Waals surface area contributed by atoms with Gasteiger partial charge in [0.1, 0.15) is 12.6 Å². The van der Waals surface area contributed by atoms with Gasteiger partial charge < -0.3 is 20.8 Å². The first-order chi connectivity index (χ1) is 7.11. The lowest BCUT2D eigenvalue weighted by atomic mass is 10.1. The highest BCUT2D eigenvalue weighted by Gasteiger charge is 2.13. The number of amides is 1. The molecule has 88 valence electrons. The molecule has 0 fully saturated rings. The van der Waals surface area contributed by atoms with Crippen LogP contribution in [0, 0.1) is 0 Å². The fourth-order valence-electron chi connectivity index (χ4n) is 1.15. The van der Waals surface area contributed by atoms with Gasteiger partial charge in [-0.1, -0.05) is 0 Å². The highest BCUT2D eigenvalue weighted by Crippen LogP contribution is 2.00. The van der Waals surface area contributed by atoms with Crippen molar-refractivity contribution in [2.24, 2.45) is 0 Å². The van der Waals surface area contributed by atoms with E-state index in [1.165, 1.54) is 0 Å². The van der Waals surface area contributed by atoms with Gasteiger partial charge >= 0.3 is 5.97 Å². The van der Waals surface area contributed by atoms with E-state index in [-0.39, 0.29) is 0 Å². The number of likely N-dealkylation sites (N-methyl/N-ethyl adjacent to an activating group) is 1. The summed E-state index contributed by atoms with van der Waals surface area (Å²) < 4.78 is 0. The summed E-state index contributed by atoms with van der Waals surface area (Å²) in [6, 6.07) is -0.529. The van der Waals surface area contributed by atoms with Gasteiger partial charge in [-0.25, -0.2) is 0 Å². The Bertz CT molecular complexity index is 208. The average molecular weight is 218 g/mol. The van der Waals surface area contributed by atoms with Crippen molar-refractivity contribution in [1.82, 2.24) is 10.6 Å². The van der Waals surface area contributed by atoms with Crippen molar-refractivity contribution in [2.75, 3.05) is 20.2 Å². The minimum absolute atomic E-state index is 0.404. The molecule has 1 atom stereocenters. The van der Waals surface area contributed by atoms with Crippen molar-refractivity contribution in [3.8, 4) is 0 Å². The normalized spacial score (nSPS) is 12.1. The maximum Gasteiger partial charge on any atom is 0.320 e. The van der Waals surface area contributed by atoms with Gasteiger partial charge in [0.15, 0.2) is 0 Å². The van der Waals surface area contributed by atoms with Crippen LogP contribution in [0.4, 0.5) is 0 Å². The molecule has 0 aromatic heterocycles. The van der Waals surface area contributed by atoms with E-state index in [0.29, 0.717) is 25.8 Å². The molecular formula is C9H18N2O4. The molecule has 0 saturated carbocycles. The Morgan fingerprint density at radius 2 is 2.00 bits per heavy atom. The van der Waals surface area contributed by atoms with Crippen LogP contribution in [0.1, 0.15) is 19.3 Å². The predicted molar refractivity (Wildman–Crippen MR) is 54.4 cm³/mol. The number of aliphatic hydroxyl groups excluding tert-OH is 1. The van der Waals surface area contributed by atoms with Crippen LogP contribution in [-0.4, -0.2) is 48.3 Å². The van der Waals surface area contributed by atoms with E-state index in [0.717, 1.165) is 0 Å². The zero-order valence-electron chi connectivity index (χ0n) is 8.82. The first-order valence-electron chi connectivity index (χ1n) is 4.89. The Kier molecular flexibility index (Phi) is 7.57. The van der Waals surface area contributed by atoms with Crippen LogP contribution in [0.15, 0.2) is 0 Å². The van der Waals surface area contributed by atoms with E-state index >= 15 is 0 Å². The van der Waals surface area contributed by atoms with E-state index in [1.807, 2.05) is 0 Å². The lowest BCUT2D eigenvalue weighted by Gasteiger charge is -2.10. The molecule has 0 radical (unpaired) electrons. The fraction of sp³-hybridized carbons (Fsp3) is 0.778. The van der Waals surface area contributed by atoms with Crippen molar-refractivity contribution >= 4 is 11.9 Å². The molecule has 0 heterocycles. The summed E-state index contributed by atoms with van der Waals surface area (Å²) in [4.78, 5) is 21.2. The van der Waals surface area contributed by atoms with Crippen molar-refractivity contribution in [1.29, 1.82) is 0 Å². The average Bonchev–Trinajstić information content (AvgIpc) is 2.22. The standard InChI is InChI=1S/C9H18N2O4/c1-10-7(9(14)15)4-2-3-5-11-8(13)6-12/h7,10,12H,2-6H2,1H3,(H,11,13)(H,14,15)/t7-/m0/s1. The van der Waals surface area contributed by atoms with Gasteiger partial charge in [0, 0.05) is 6.54 Å². The SMILES string of the molecule is CN[C@@H](CCCCNC(=O)CO)C(=O)O. The van der Waals surface area contributed by atoms with Crippen LogP contribution >= 0.6 is 0 Å². The number of hydrogen-bond donors (Lipinski definition) is 4. The van der Waals surface area contributed by atoms with Crippen LogP contribution in [0.3, 0.4) is 0 Å². The number of aliphatic carboxylic acids is 1. The zero-order chi connectivity index (χ0) is 11.7. The molecular weight excluding hydrogens is 200 g/mol. The Balaban J connectivity index is 3.45. The van der Waals surface area contributed by atoms with E-state index in [4.69, 9.17) is 10.2 Å². The minimum atomic E-state index is -0.864. The van der Waals surface area contributed by atoms with Crippen molar-refractivity contribution in [3.63, 3.8) is 0 Å². The van der Waals surface area contributed by atoms with Crippen LogP contribution in [0.5, 0.6) is 0 Å². The van der Waals surface area contributed by atoms with E-state index in [2.05, 4.69) is 10.6 Å². The third-order valence-corrected chi connectivity index (χ3v) is 2.03. The molecule has 0 rings (SSSR count). The number of carbonyl (C=O) groups excluding carboxylic acids is 1. The Morgan fingerprint density at radius 1 is 1.33 bits per heavy atom. The number of hydrogen-bond acceptors (Lipinski definition) is 4. The van der Waals surface area contributed by atoms with Gasteiger partial charge in [0.2, 0.25) is 5.91 Å². The van der Waals surface area contributed by atoms with Gasteiger partial charge in [-0.05, 0) is 26.3 Å². The predicted octanol–water partition coefficient (Wildman–Crippen LogP) is -1.06. The molecule has 1 amide bonds. The molecule has 0 saturated heterocycles. The van der Waals surface area contributed by atoms with Crippen molar-refractivity contribution < 1.29 is 19.8 Å². The van der Waals surface area contributed by atoms with Gasteiger partial charge in [-0.3, -0.25) is 9.59 Å². The highest BCUT2D eigenvalue weighted by molar-refractivity contribution is 5.76.